The summed E-state index contributed by atoms with van der Waals surface area (Å²) < 4.78 is 16.4. The standard InChI is InChI=1S/C25H20ClFN2S/c26-22-9-5-10-23(27)21(22)16-29-15-20(19-8-3-4-11-24(19)29)25(30)28-13-12-17-6-1-2-7-18(17)14-28/h1-11,15H,12-14,16H2. The van der Waals surface area contributed by atoms with Gasteiger partial charge in [0, 0.05) is 46.3 Å². The Balaban J connectivity index is 1.52. The van der Waals surface area contributed by atoms with Crippen molar-refractivity contribution in [3.05, 3.63) is 106 Å². The predicted molar refractivity (Wildman–Crippen MR) is 125 cm³/mol. The van der Waals surface area contributed by atoms with Crippen molar-refractivity contribution in [2.75, 3.05) is 6.54 Å². The average molecular weight is 435 g/mol. The van der Waals surface area contributed by atoms with Crippen molar-refractivity contribution < 1.29 is 4.39 Å². The molecule has 0 saturated carbocycles. The van der Waals surface area contributed by atoms with Gasteiger partial charge in [-0.15, -0.1) is 0 Å². The summed E-state index contributed by atoms with van der Waals surface area (Å²) in [6.07, 6.45) is 3.02. The molecule has 1 aliphatic rings. The fourth-order valence-corrected chi connectivity index (χ4v) is 4.78. The maximum atomic E-state index is 14.4. The molecule has 2 nitrogen and oxygen atoms in total. The van der Waals surface area contributed by atoms with Gasteiger partial charge in [0.15, 0.2) is 0 Å². The van der Waals surface area contributed by atoms with Crippen LogP contribution in [-0.2, 0) is 19.5 Å². The van der Waals surface area contributed by atoms with E-state index in [1.165, 1.54) is 17.2 Å². The van der Waals surface area contributed by atoms with Crippen molar-refractivity contribution in [2.45, 2.75) is 19.5 Å². The summed E-state index contributed by atoms with van der Waals surface area (Å²) >= 11 is 12.2. The Bertz CT molecular complexity index is 1240. The second-order valence-electron chi connectivity index (χ2n) is 7.63. The third-order valence-corrected chi connectivity index (χ3v) is 6.66. The normalized spacial score (nSPS) is 13.5. The molecule has 0 aliphatic carbocycles. The molecule has 0 N–H and O–H groups in total. The summed E-state index contributed by atoms with van der Waals surface area (Å²) in [5.41, 5.74) is 5.24. The zero-order chi connectivity index (χ0) is 20.7. The molecule has 0 bridgehead atoms. The summed E-state index contributed by atoms with van der Waals surface area (Å²) in [4.78, 5) is 3.10. The first-order valence-corrected chi connectivity index (χ1v) is 10.8. The molecule has 4 aromatic rings. The van der Waals surface area contributed by atoms with Gasteiger partial charge >= 0.3 is 0 Å². The number of para-hydroxylation sites is 1. The van der Waals surface area contributed by atoms with Crippen molar-refractivity contribution in [3.8, 4) is 0 Å². The Morgan fingerprint density at radius 2 is 1.73 bits per heavy atom. The van der Waals surface area contributed by atoms with Crippen LogP contribution in [0.4, 0.5) is 4.39 Å². The third-order valence-electron chi connectivity index (χ3n) is 5.83. The van der Waals surface area contributed by atoms with Crippen molar-refractivity contribution >= 4 is 39.7 Å². The highest BCUT2D eigenvalue weighted by Crippen LogP contribution is 2.28. The molecule has 2 heterocycles. The molecule has 0 saturated heterocycles. The van der Waals surface area contributed by atoms with Crippen LogP contribution in [0.1, 0.15) is 22.3 Å². The summed E-state index contributed by atoms with van der Waals surface area (Å²) in [6, 6.07) is 21.5. The average Bonchev–Trinajstić information content (AvgIpc) is 3.14. The third kappa shape index (κ3) is 3.40. The van der Waals surface area contributed by atoms with Crippen LogP contribution in [0, 0.1) is 5.82 Å². The Labute approximate surface area is 185 Å². The zero-order valence-corrected chi connectivity index (χ0v) is 17.9. The smallest absolute Gasteiger partial charge is 0.129 e. The second-order valence-corrected chi connectivity index (χ2v) is 8.43. The minimum absolute atomic E-state index is 0.294. The maximum absolute atomic E-state index is 14.4. The van der Waals surface area contributed by atoms with Crippen LogP contribution >= 0.6 is 23.8 Å². The van der Waals surface area contributed by atoms with Gasteiger partial charge in [0.05, 0.1) is 6.54 Å². The van der Waals surface area contributed by atoms with Gasteiger partial charge in [-0.2, -0.15) is 0 Å². The van der Waals surface area contributed by atoms with Gasteiger partial charge < -0.3 is 9.47 Å². The molecule has 150 valence electrons. The Morgan fingerprint density at radius 1 is 0.967 bits per heavy atom. The number of halogens is 2. The molecular weight excluding hydrogens is 415 g/mol. The van der Waals surface area contributed by atoms with Crippen LogP contribution in [-0.4, -0.2) is 21.0 Å². The van der Waals surface area contributed by atoms with E-state index in [1.807, 2.05) is 29.0 Å². The van der Waals surface area contributed by atoms with E-state index in [0.29, 0.717) is 17.1 Å². The first kappa shape index (κ1) is 19.3. The van der Waals surface area contributed by atoms with Crippen LogP contribution in [0.2, 0.25) is 5.02 Å². The highest BCUT2D eigenvalue weighted by atomic mass is 35.5. The molecule has 0 atom stereocenters. The molecule has 5 heteroatoms. The highest BCUT2D eigenvalue weighted by molar-refractivity contribution is 7.80. The predicted octanol–water partition coefficient (Wildman–Crippen LogP) is 6.22. The van der Waals surface area contributed by atoms with E-state index >= 15 is 0 Å². The van der Waals surface area contributed by atoms with Gasteiger partial charge in [0.25, 0.3) is 0 Å². The summed E-state index contributed by atoms with van der Waals surface area (Å²) in [5, 5.41) is 1.51. The van der Waals surface area contributed by atoms with Gasteiger partial charge in [0.1, 0.15) is 10.8 Å². The van der Waals surface area contributed by atoms with Crippen LogP contribution in [0.3, 0.4) is 0 Å². The zero-order valence-electron chi connectivity index (χ0n) is 16.3. The molecule has 1 aromatic heterocycles. The van der Waals surface area contributed by atoms with Gasteiger partial charge in [-0.3, -0.25) is 0 Å². The van der Waals surface area contributed by atoms with E-state index in [4.69, 9.17) is 23.8 Å². The van der Waals surface area contributed by atoms with Gasteiger partial charge in [0.2, 0.25) is 0 Å². The SMILES string of the molecule is Fc1cccc(Cl)c1Cn1cc(C(=S)N2CCc3ccccc3C2)c2ccccc21. The number of nitrogens with zero attached hydrogens (tertiary/aromatic N) is 2. The molecular formula is C25H20ClFN2S. The lowest BCUT2D eigenvalue weighted by atomic mass is 9.99. The van der Waals surface area contributed by atoms with Crippen LogP contribution in [0.25, 0.3) is 10.9 Å². The number of benzene rings is 3. The number of aromatic nitrogens is 1. The number of hydrogen-bond acceptors (Lipinski definition) is 1. The lowest BCUT2D eigenvalue weighted by Crippen LogP contribution is -2.35. The number of fused-ring (bicyclic) bond motifs is 2. The Kier molecular flexibility index (Phi) is 5.05. The second kappa shape index (κ2) is 7.86. The minimum Gasteiger partial charge on any atom is -0.358 e. The van der Waals surface area contributed by atoms with E-state index < -0.39 is 0 Å². The molecule has 5 rings (SSSR count). The maximum Gasteiger partial charge on any atom is 0.129 e. The molecule has 30 heavy (non-hydrogen) atoms. The largest absolute Gasteiger partial charge is 0.358 e. The van der Waals surface area contributed by atoms with Gasteiger partial charge in [-0.1, -0.05) is 72.3 Å². The van der Waals surface area contributed by atoms with Crippen molar-refractivity contribution in [1.29, 1.82) is 0 Å². The van der Waals surface area contributed by atoms with E-state index in [1.54, 1.807) is 12.1 Å². The number of hydrogen-bond donors (Lipinski definition) is 0. The fraction of sp³-hybridized carbons (Fsp3) is 0.160. The first-order chi connectivity index (χ1) is 14.6. The lowest BCUT2D eigenvalue weighted by Gasteiger charge is -2.30. The quantitative estimate of drug-likeness (QED) is 0.354. The van der Waals surface area contributed by atoms with Crippen molar-refractivity contribution in [3.63, 3.8) is 0 Å². The monoisotopic (exact) mass is 434 g/mol. The van der Waals surface area contributed by atoms with E-state index in [2.05, 4.69) is 35.2 Å². The molecule has 0 fully saturated rings. The summed E-state index contributed by atoms with van der Waals surface area (Å²) in [5.74, 6) is -0.294. The van der Waals surface area contributed by atoms with E-state index in [9.17, 15) is 4.39 Å². The van der Waals surface area contributed by atoms with Crippen LogP contribution in [0.5, 0.6) is 0 Å². The van der Waals surface area contributed by atoms with Crippen molar-refractivity contribution in [1.82, 2.24) is 9.47 Å². The molecule has 0 amide bonds. The topological polar surface area (TPSA) is 8.17 Å². The van der Waals surface area contributed by atoms with Crippen LogP contribution in [0.15, 0.2) is 72.9 Å². The number of thiocarbonyl (C=S) groups is 1. The molecule has 0 spiro atoms. The van der Waals surface area contributed by atoms with Crippen LogP contribution < -0.4 is 0 Å². The fourth-order valence-electron chi connectivity index (χ4n) is 4.24. The Hall–Kier alpha value is -2.69. The minimum atomic E-state index is -0.294. The first-order valence-electron chi connectivity index (χ1n) is 9.98. The molecule has 1 aliphatic heterocycles. The van der Waals surface area contributed by atoms with E-state index in [0.717, 1.165) is 41.0 Å². The lowest BCUT2D eigenvalue weighted by molar-refractivity contribution is 0.401. The van der Waals surface area contributed by atoms with E-state index in [-0.39, 0.29) is 5.82 Å². The Morgan fingerprint density at radius 3 is 2.57 bits per heavy atom. The number of rotatable bonds is 3. The van der Waals surface area contributed by atoms with Crippen molar-refractivity contribution in [2.24, 2.45) is 0 Å². The summed E-state index contributed by atoms with van der Waals surface area (Å²) in [6.45, 7) is 2.07. The molecule has 0 unspecified atom stereocenters. The molecule has 0 radical (unpaired) electrons. The highest BCUT2D eigenvalue weighted by Gasteiger charge is 2.22. The molecule has 3 aromatic carbocycles. The van der Waals surface area contributed by atoms with Gasteiger partial charge in [-0.25, -0.2) is 4.39 Å². The van der Waals surface area contributed by atoms with Gasteiger partial charge in [-0.05, 0) is 35.7 Å². The summed E-state index contributed by atoms with van der Waals surface area (Å²) in [7, 11) is 0.